The van der Waals surface area contributed by atoms with Gasteiger partial charge in [0.05, 0.1) is 49.3 Å². The highest BCUT2D eigenvalue weighted by Gasteiger charge is 2.14. The van der Waals surface area contributed by atoms with Gasteiger partial charge in [-0.1, -0.05) is 30.7 Å². The second-order valence-electron chi connectivity index (χ2n) is 10.1. The standard InChI is InChI=1S/C36H46O8/c1-25-30(38-3)19-26(20-31(25)39-4)13-15-28-23-33(41-6)29(24-32(28)40-5)16-14-27-21-34(42-7)36(35(22-27)43-8)44-18-12-10-9-11-17-37-2/h13-16,19-24H,9-12,17-18H2,1-8H3. The highest BCUT2D eigenvalue weighted by molar-refractivity contribution is 5.80. The van der Waals surface area contributed by atoms with Crippen LogP contribution < -0.4 is 33.2 Å². The highest BCUT2D eigenvalue weighted by atomic mass is 16.5. The van der Waals surface area contributed by atoms with Crippen LogP contribution in [0.4, 0.5) is 0 Å². The molecule has 0 bridgehead atoms. The molecule has 44 heavy (non-hydrogen) atoms. The van der Waals surface area contributed by atoms with E-state index < -0.39 is 0 Å². The van der Waals surface area contributed by atoms with Crippen molar-refractivity contribution in [3.8, 4) is 40.2 Å². The summed E-state index contributed by atoms with van der Waals surface area (Å²) in [7, 11) is 11.6. The van der Waals surface area contributed by atoms with E-state index in [0.29, 0.717) is 35.4 Å². The number of hydrogen-bond donors (Lipinski definition) is 0. The second-order valence-corrected chi connectivity index (χ2v) is 10.1. The van der Waals surface area contributed by atoms with Gasteiger partial charge in [-0.05, 0) is 73.7 Å². The maximum absolute atomic E-state index is 6.08. The average Bonchev–Trinajstić information content (AvgIpc) is 3.06. The van der Waals surface area contributed by atoms with Crippen LogP contribution in [0.3, 0.4) is 0 Å². The maximum atomic E-state index is 6.08. The van der Waals surface area contributed by atoms with Crippen molar-refractivity contribution in [2.45, 2.75) is 32.6 Å². The van der Waals surface area contributed by atoms with E-state index in [2.05, 4.69) is 0 Å². The van der Waals surface area contributed by atoms with Gasteiger partial charge in [-0.25, -0.2) is 0 Å². The Morgan fingerprint density at radius 1 is 0.455 bits per heavy atom. The Bertz CT molecular complexity index is 1360. The third-order valence-electron chi connectivity index (χ3n) is 7.24. The summed E-state index contributed by atoms with van der Waals surface area (Å²) >= 11 is 0. The molecule has 238 valence electrons. The molecule has 0 fully saturated rings. The molecule has 8 heteroatoms. The smallest absolute Gasteiger partial charge is 0.203 e. The van der Waals surface area contributed by atoms with Crippen molar-refractivity contribution in [2.24, 2.45) is 0 Å². The number of unbranched alkanes of at least 4 members (excludes halogenated alkanes) is 3. The van der Waals surface area contributed by atoms with E-state index in [1.165, 1.54) is 0 Å². The average molecular weight is 607 g/mol. The quantitative estimate of drug-likeness (QED) is 0.107. The van der Waals surface area contributed by atoms with Crippen LogP contribution in [-0.2, 0) is 4.74 Å². The largest absolute Gasteiger partial charge is 0.496 e. The van der Waals surface area contributed by atoms with Crippen LogP contribution in [0.5, 0.6) is 40.2 Å². The lowest BCUT2D eigenvalue weighted by Crippen LogP contribution is -2.02. The zero-order chi connectivity index (χ0) is 31.9. The number of methoxy groups -OCH3 is 7. The molecule has 0 radical (unpaired) electrons. The van der Waals surface area contributed by atoms with Crippen molar-refractivity contribution in [3.05, 3.63) is 64.2 Å². The van der Waals surface area contributed by atoms with Gasteiger partial charge < -0.3 is 37.9 Å². The van der Waals surface area contributed by atoms with Crippen molar-refractivity contribution in [1.29, 1.82) is 0 Å². The summed E-state index contributed by atoms with van der Waals surface area (Å²) in [5.41, 5.74) is 4.49. The molecule has 0 unspecified atom stereocenters. The van der Waals surface area contributed by atoms with Crippen LogP contribution in [0.2, 0.25) is 0 Å². The third-order valence-corrected chi connectivity index (χ3v) is 7.24. The number of hydrogen-bond acceptors (Lipinski definition) is 8. The molecule has 0 aliphatic carbocycles. The van der Waals surface area contributed by atoms with E-state index in [9.17, 15) is 0 Å². The molecule has 0 spiro atoms. The molecule has 0 aromatic heterocycles. The number of ether oxygens (including phenoxy) is 8. The van der Waals surface area contributed by atoms with Crippen LogP contribution in [0, 0.1) is 6.92 Å². The summed E-state index contributed by atoms with van der Waals surface area (Å²) in [5.74, 6) is 4.74. The van der Waals surface area contributed by atoms with Gasteiger partial charge in [0, 0.05) is 30.4 Å². The Balaban J connectivity index is 1.84. The molecule has 0 saturated carbocycles. The van der Waals surface area contributed by atoms with Gasteiger partial charge >= 0.3 is 0 Å². The van der Waals surface area contributed by atoms with Gasteiger partial charge in [-0.2, -0.15) is 0 Å². The van der Waals surface area contributed by atoms with E-state index in [-0.39, 0.29) is 0 Å². The van der Waals surface area contributed by atoms with Gasteiger partial charge in [0.15, 0.2) is 11.5 Å². The summed E-state index contributed by atoms with van der Waals surface area (Å²) < 4.78 is 45.1. The molecule has 0 atom stereocenters. The van der Waals surface area contributed by atoms with Crippen molar-refractivity contribution in [2.75, 3.05) is 63.0 Å². The molecule has 0 saturated heterocycles. The van der Waals surface area contributed by atoms with E-state index in [1.807, 2.05) is 67.6 Å². The van der Waals surface area contributed by atoms with Gasteiger partial charge in [0.2, 0.25) is 5.75 Å². The molecule has 0 heterocycles. The fraction of sp³-hybridized carbons (Fsp3) is 0.389. The Kier molecular flexibility index (Phi) is 13.8. The van der Waals surface area contributed by atoms with Crippen LogP contribution in [0.1, 0.15) is 53.5 Å². The summed E-state index contributed by atoms with van der Waals surface area (Å²) in [5, 5.41) is 0. The minimum atomic E-state index is 0.581. The predicted octanol–water partition coefficient (Wildman–Crippen LogP) is 7.97. The summed E-state index contributed by atoms with van der Waals surface area (Å²) in [4.78, 5) is 0. The fourth-order valence-corrected chi connectivity index (χ4v) is 4.79. The normalized spacial score (nSPS) is 11.2. The van der Waals surface area contributed by atoms with Crippen molar-refractivity contribution in [1.82, 2.24) is 0 Å². The maximum Gasteiger partial charge on any atom is 0.203 e. The number of rotatable bonds is 18. The molecular formula is C36H46O8. The topological polar surface area (TPSA) is 73.8 Å². The fourth-order valence-electron chi connectivity index (χ4n) is 4.79. The lowest BCUT2D eigenvalue weighted by molar-refractivity contribution is 0.190. The Hall–Kier alpha value is -4.30. The van der Waals surface area contributed by atoms with Crippen molar-refractivity contribution < 1.29 is 37.9 Å². The molecule has 0 aliphatic heterocycles. The summed E-state index contributed by atoms with van der Waals surface area (Å²) in [6.07, 6.45) is 12.1. The van der Waals surface area contributed by atoms with Gasteiger partial charge in [-0.15, -0.1) is 0 Å². The molecular weight excluding hydrogens is 560 g/mol. The molecule has 0 amide bonds. The lowest BCUT2D eigenvalue weighted by atomic mass is 10.0. The molecule has 3 aromatic carbocycles. The molecule has 3 rings (SSSR count). The first-order chi connectivity index (χ1) is 21.4. The second kappa shape index (κ2) is 17.7. The lowest BCUT2D eigenvalue weighted by Gasteiger charge is -2.15. The van der Waals surface area contributed by atoms with E-state index in [4.69, 9.17) is 37.9 Å². The Morgan fingerprint density at radius 3 is 1.27 bits per heavy atom. The van der Waals surface area contributed by atoms with Gasteiger partial charge in [0.25, 0.3) is 0 Å². The van der Waals surface area contributed by atoms with E-state index >= 15 is 0 Å². The van der Waals surface area contributed by atoms with Crippen LogP contribution in [0.15, 0.2) is 36.4 Å². The summed E-state index contributed by atoms with van der Waals surface area (Å²) in [6.45, 7) is 3.34. The molecule has 0 N–H and O–H groups in total. The predicted molar refractivity (Wildman–Crippen MR) is 177 cm³/mol. The molecule has 0 aliphatic rings. The van der Waals surface area contributed by atoms with Gasteiger partial charge in [0.1, 0.15) is 23.0 Å². The molecule has 8 nitrogen and oxygen atoms in total. The van der Waals surface area contributed by atoms with E-state index in [0.717, 1.165) is 71.6 Å². The highest BCUT2D eigenvalue weighted by Crippen LogP contribution is 2.40. The van der Waals surface area contributed by atoms with Crippen molar-refractivity contribution >= 4 is 24.3 Å². The van der Waals surface area contributed by atoms with Crippen LogP contribution in [0.25, 0.3) is 24.3 Å². The zero-order valence-corrected chi connectivity index (χ0v) is 27.3. The first-order valence-electron chi connectivity index (χ1n) is 14.6. The van der Waals surface area contributed by atoms with Gasteiger partial charge in [-0.3, -0.25) is 0 Å². The zero-order valence-electron chi connectivity index (χ0n) is 27.3. The first-order valence-corrected chi connectivity index (χ1v) is 14.6. The first kappa shape index (κ1) is 34.2. The van der Waals surface area contributed by atoms with Crippen LogP contribution >= 0.6 is 0 Å². The third kappa shape index (κ3) is 9.10. The Labute approximate surface area is 262 Å². The monoisotopic (exact) mass is 606 g/mol. The SMILES string of the molecule is COCCCCCCOc1c(OC)cc(C=Cc2cc(OC)c(C=Cc3cc(OC)c(C)c(OC)c3)cc2OC)cc1OC. The van der Waals surface area contributed by atoms with E-state index in [1.54, 1.807) is 49.8 Å². The minimum Gasteiger partial charge on any atom is -0.496 e. The van der Waals surface area contributed by atoms with Crippen molar-refractivity contribution in [3.63, 3.8) is 0 Å². The molecule has 3 aromatic rings. The minimum absolute atomic E-state index is 0.581. The number of benzene rings is 3. The Morgan fingerprint density at radius 2 is 0.864 bits per heavy atom. The summed E-state index contributed by atoms with van der Waals surface area (Å²) in [6, 6.07) is 11.7. The van der Waals surface area contributed by atoms with Crippen LogP contribution in [-0.4, -0.2) is 63.0 Å².